The minimum Gasteiger partial charge on any atom is -0.350 e. The first-order valence-corrected chi connectivity index (χ1v) is 8.68. The molecule has 7 heteroatoms. The predicted molar refractivity (Wildman–Crippen MR) is 98.9 cm³/mol. The average molecular weight is 347 g/mol. The van der Waals surface area contributed by atoms with E-state index < -0.39 is 0 Å². The molecule has 0 aliphatic heterocycles. The zero-order valence-corrected chi connectivity index (χ0v) is 15.9. The van der Waals surface area contributed by atoms with Crippen molar-refractivity contribution in [3.63, 3.8) is 0 Å². The van der Waals surface area contributed by atoms with E-state index in [1.165, 1.54) is 10.4 Å². The maximum absolute atomic E-state index is 12.5. The Balaban J connectivity index is 2.10. The Kier molecular flexibility index (Phi) is 5.90. The SMILES string of the molecule is Cc1ccsc1[C@H](CNC(=O)c1cnc(N(C)C)nc1C)N(C)C. The summed E-state index contributed by atoms with van der Waals surface area (Å²) in [5.74, 6) is 0.461. The number of nitrogens with one attached hydrogen (secondary N) is 1. The second-order valence-corrected chi connectivity index (χ2v) is 7.17. The van der Waals surface area contributed by atoms with Crippen LogP contribution in [0.4, 0.5) is 5.95 Å². The number of hydrogen-bond donors (Lipinski definition) is 1. The molecule has 0 radical (unpaired) electrons. The van der Waals surface area contributed by atoms with Crippen LogP contribution in [0.25, 0.3) is 0 Å². The highest BCUT2D eigenvalue weighted by atomic mass is 32.1. The van der Waals surface area contributed by atoms with E-state index in [2.05, 4.69) is 38.6 Å². The van der Waals surface area contributed by atoms with Gasteiger partial charge in [-0.05, 0) is 45.0 Å². The van der Waals surface area contributed by atoms with Crippen LogP contribution >= 0.6 is 11.3 Å². The number of amides is 1. The van der Waals surface area contributed by atoms with Crippen molar-refractivity contribution in [2.24, 2.45) is 0 Å². The fraction of sp³-hybridized carbons (Fsp3) is 0.471. The van der Waals surface area contributed by atoms with Gasteiger partial charge in [-0.25, -0.2) is 9.97 Å². The lowest BCUT2D eigenvalue weighted by atomic mass is 10.1. The van der Waals surface area contributed by atoms with Crippen LogP contribution in [-0.2, 0) is 0 Å². The molecule has 2 heterocycles. The lowest BCUT2D eigenvalue weighted by Crippen LogP contribution is -2.35. The van der Waals surface area contributed by atoms with Gasteiger partial charge in [0, 0.05) is 31.7 Å². The zero-order valence-electron chi connectivity index (χ0n) is 15.1. The largest absolute Gasteiger partial charge is 0.350 e. The first-order valence-electron chi connectivity index (χ1n) is 7.80. The van der Waals surface area contributed by atoms with Gasteiger partial charge in [-0.15, -0.1) is 11.3 Å². The van der Waals surface area contributed by atoms with E-state index in [0.717, 1.165) is 0 Å². The van der Waals surface area contributed by atoms with Gasteiger partial charge in [0.05, 0.1) is 17.3 Å². The molecule has 6 nitrogen and oxygen atoms in total. The molecule has 130 valence electrons. The number of aromatic nitrogens is 2. The molecule has 0 aliphatic carbocycles. The van der Waals surface area contributed by atoms with Crippen LogP contribution in [0.1, 0.15) is 32.5 Å². The number of carbonyl (C=O) groups is 1. The number of aryl methyl sites for hydroxylation is 2. The first-order chi connectivity index (χ1) is 11.3. The number of hydrogen-bond acceptors (Lipinski definition) is 6. The van der Waals surface area contributed by atoms with E-state index in [1.54, 1.807) is 17.5 Å². The summed E-state index contributed by atoms with van der Waals surface area (Å²) in [6, 6.07) is 2.26. The Bertz CT molecular complexity index is 711. The Hall–Kier alpha value is -1.99. The van der Waals surface area contributed by atoms with Gasteiger partial charge in [0.2, 0.25) is 5.95 Å². The first kappa shape index (κ1) is 18.4. The molecule has 2 rings (SSSR count). The molecule has 0 fully saturated rings. The van der Waals surface area contributed by atoms with Crippen molar-refractivity contribution in [2.75, 3.05) is 39.6 Å². The van der Waals surface area contributed by atoms with Gasteiger partial charge in [-0.3, -0.25) is 4.79 Å². The normalized spacial score (nSPS) is 12.3. The van der Waals surface area contributed by atoms with Gasteiger partial charge in [-0.2, -0.15) is 0 Å². The van der Waals surface area contributed by atoms with Gasteiger partial charge < -0.3 is 15.1 Å². The molecule has 0 unspecified atom stereocenters. The third-order valence-corrected chi connectivity index (χ3v) is 5.02. The van der Waals surface area contributed by atoms with Crippen LogP contribution in [0.2, 0.25) is 0 Å². The second kappa shape index (κ2) is 7.72. The number of carbonyl (C=O) groups excluding carboxylic acids is 1. The maximum Gasteiger partial charge on any atom is 0.254 e. The van der Waals surface area contributed by atoms with E-state index >= 15 is 0 Å². The van der Waals surface area contributed by atoms with Crippen LogP contribution < -0.4 is 10.2 Å². The number of rotatable bonds is 6. The van der Waals surface area contributed by atoms with E-state index in [1.807, 2.05) is 40.0 Å². The molecule has 0 spiro atoms. The Morgan fingerprint density at radius 3 is 2.50 bits per heavy atom. The quantitative estimate of drug-likeness (QED) is 0.868. The van der Waals surface area contributed by atoms with Crippen LogP contribution in [-0.4, -0.2) is 55.5 Å². The average Bonchev–Trinajstić information content (AvgIpc) is 2.92. The summed E-state index contributed by atoms with van der Waals surface area (Å²) in [7, 11) is 7.80. The number of likely N-dealkylation sites (N-methyl/N-ethyl adjacent to an activating group) is 1. The molecule has 1 atom stereocenters. The minimum atomic E-state index is -0.140. The number of nitrogens with zero attached hydrogens (tertiary/aromatic N) is 4. The smallest absolute Gasteiger partial charge is 0.254 e. The predicted octanol–water partition coefficient (Wildman–Crippen LogP) is 2.25. The van der Waals surface area contributed by atoms with Gasteiger partial charge in [0.25, 0.3) is 5.91 Å². The summed E-state index contributed by atoms with van der Waals surface area (Å²) in [5.41, 5.74) is 2.45. The molecule has 0 bridgehead atoms. The van der Waals surface area contributed by atoms with Crippen molar-refractivity contribution < 1.29 is 4.79 Å². The van der Waals surface area contributed by atoms with E-state index in [0.29, 0.717) is 23.8 Å². The summed E-state index contributed by atoms with van der Waals surface area (Å²) >= 11 is 1.72. The monoisotopic (exact) mass is 347 g/mol. The minimum absolute atomic E-state index is 0.140. The van der Waals surface area contributed by atoms with Gasteiger partial charge in [0.1, 0.15) is 0 Å². The number of thiophene rings is 1. The van der Waals surface area contributed by atoms with Crippen molar-refractivity contribution in [1.29, 1.82) is 0 Å². The fourth-order valence-corrected chi connectivity index (χ4v) is 3.54. The standard InChI is InChI=1S/C17H25N5OS/c1-11-7-8-24-15(11)14(21(3)4)10-18-16(23)13-9-19-17(22(5)6)20-12(13)2/h7-9,14H,10H2,1-6H3,(H,18,23)/t14-/m0/s1. The molecular weight excluding hydrogens is 322 g/mol. The number of anilines is 1. The third kappa shape index (κ3) is 4.10. The van der Waals surface area contributed by atoms with Crippen LogP contribution in [0.15, 0.2) is 17.6 Å². The molecule has 0 saturated carbocycles. The highest BCUT2D eigenvalue weighted by Gasteiger charge is 2.20. The second-order valence-electron chi connectivity index (χ2n) is 6.22. The fourth-order valence-electron chi connectivity index (χ4n) is 2.41. The topological polar surface area (TPSA) is 61.4 Å². The van der Waals surface area contributed by atoms with Crippen molar-refractivity contribution in [1.82, 2.24) is 20.2 Å². The summed E-state index contributed by atoms with van der Waals surface area (Å²) < 4.78 is 0. The molecule has 0 aromatic carbocycles. The zero-order chi connectivity index (χ0) is 17.9. The van der Waals surface area contributed by atoms with Gasteiger partial charge in [-0.1, -0.05) is 0 Å². The molecule has 0 aliphatic rings. The molecule has 1 amide bonds. The summed E-state index contributed by atoms with van der Waals surface area (Å²) in [6.45, 7) is 4.47. The van der Waals surface area contributed by atoms with Crippen molar-refractivity contribution in [2.45, 2.75) is 19.9 Å². The Morgan fingerprint density at radius 1 is 1.29 bits per heavy atom. The van der Waals surface area contributed by atoms with Crippen molar-refractivity contribution in [3.05, 3.63) is 39.3 Å². The van der Waals surface area contributed by atoms with Gasteiger partial charge in [0.15, 0.2) is 0 Å². The van der Waals surface area contributed by atoms with Crippen LogP contribution in [0, 0.1) is 13.8 Å². The van der Waals surface area contributed by atoms with Crippen LogP contribution in [0.5, 0.6) is 0 Å². The highest BCUT2D eigenvalue weighted by molar-refractivity contribution is 7.10. The Morgan fingerprint density at radius 2 is 2.00 bits per heavy atom. The summed E-state index contributed by atoms with van der Waals surface area (Å²) in [5, 5.41) is 5.10. The molecular formula is C17H25N5OS. The Labute approximate surface area is 147 Å². The van der Waals surface area contributed by atoms with E-state index in [4.69, 9.17) is 0 Å². The lowest BCUT2D eigenvalue weighted by Gasteiger charge is -2.24. The lowest BCUT2D eigenvalue weighted by molar-refractivity contribution is 0.0940. The van der Waals surface area contributed by atoms with Crippen LogP contribution in [0.3, 0.4) is 0 Å². The summed E-state index contributed by atoms with van der Waals surface area (Å²) in [4.78, 5) is 26.3. The van der Waals surface area contributed by atoms with E-state index in [9.17, 15) is 4.79 Å². The van der Waals surface area contributed by atoms with Crippen molar-refractivity contribution in [3.8, 4) is 0 Å². The molecule has 0 saturated heterocycles. The highest BCUT2D eigenvalue weighted by Crippen LogP contribution is 2.26. The van der Waals surface area contributed by atoms with E-state index in [-0.39, 0.29) is 11.9 Å². The maximum atomic E-state index is 12.5. The van der Waals surface area contributed by atoms with Crippen molar-refractivity contribution >= 4 is 23.2 Å². The molecule has 2 aromatic heterocycles. The molecule has 24 heavy (non-hydrogen) atoms. The molecule has 2 aromatic rings. The molecule has 1 N–H and O–H groups in total. The summed E-state index contributed by atoms with van der Waals surface area (Å²) in [6.07, 6.45) is 1.59. The third-order valence-electron chi connectivity index (χ3n) is 3.89. The van der Waals surface area contributed by atoms with Gasteiger partial charge >= 0.3 is 0 Å².